The number of hydrogen-bond acceptors (Lipinski definition) is 4. The van der Waals surface area contributed by atoms with Crippen molar-refractivity contribution in [2.45, 2.75) is 52.6 Å². The standard InChI is InChI=1S/C27H31F4N3O2/c1-16(2)36-27(35)22-15-23-21(19-5-7-20(28)8-6-19)9-10-34(23)24(17(22)3)18(4)32-11-13-33(14-12-32)26(31)25(29)30/h5-10,15-16,18,25-26H,11-14H2,1-4H3. The SMILES string of the molecule is Cc1c(C(=O)OC(C)C)cc2c(-c3ccc(F)cc3)ccn2c1C(C)N1CCN(C(F)C(F)F)CC1. The van der Waals surface area contributed by atoms with E-state index in [1.807, 2.05) is 30.5 Å². The number of aromatic nitrogens is 1. The monoisotopic (exact) mass is 505 g/mol. The Bertz CT molecular complexity index is 1220. The van der Waals surface area contributed by atoms with Gasteiger partial charge in [-0.1, -0.05) is 12.1 Å². The molecule has 0 saturated carbocycles. The Balaban J connectivity index is 1.76. The number of alkyl halides is 3. The molecule has 1 aromatic carbocycles. The van der Waals surface area contributed by atoms with E-state index in [0.717, 1.165) is 32.8 Å². The van der Waals surface area contributed by atoms with E-state index in [2.05, 4.69) is 4.90 Å². The van der Waals surface area contributed by atoms with Crippen LogP contribution in [-0.2, 0) is 4.74 Å². The van der Waals surface area contributed by atoms with E-state index in [4.69, 9.17) is 4.74 Å². The van der Waals surface area contributed by atoms with Gasteiger partial charge >= 0.3 is 5.97 Å². The molecule has 9 heteroatoms. The van der Waals surface area contributed by atoms with Gasteiger partial charge in [0.15, 0.2) is 0 Å². The average molecular weight is 506 g/mol. The van der Waals surface area contributed by atoms with Gasteiger partial charge in [0.2, 0.25) is 6.30 Å². The van der Waals surface area contributed by atoms with Gasteiger partial charge in [-0.2, -0.15) is 0 Å². The average Bonchev–Trinajstić information content (AvgIpc) is 3.26. The van der Waals surface area contributed by atoms with Crippen molar-refractivity contribution in [2.75, 3.05) is 26.2 Å². The molecule has 0 N–H and O–H groups in total. The Morgan fingerprint density at radius 3 is 2.14 bits per heavy atom. The normalized spacial score (nSPS) is 17.2. The fourth-order valence-corrected chi connectivity index (χ4v) is 4.95. The van der Waals surface area contributed by atoms with Crippen molar-refractivity contribution in [2.24, 2.45) is 0 Å². The maximum atomic E-state index is 13.8. The van der Waals surface area contributed by atoms with Crippen molar-refractivity contribution in [1.29, 1.82) is 0 Å². The number of fused-ring (bicyclic) bond motifs is 1. The van der Waals surface area contributed by atoms with Crippen LogP contribution in [0.1, 0.15) is 48.4 Å². The third kappa shape index (κ3) is 5.13. The number of rotatable bonds is 7. The van der Waals surface area contributed by atoms with Crippen molar-refractivity contribution < 1.29 is 27.1 Å². The van der Waals surface area contributed by atoms with E-state index < -0.39 is 18.7 Å². The minimum atomic E-state index is -3.04. The lowest BCUT2D eigenvalue weighted by atomic mass is 9.99. The first kappa shape index (κ1) is 26.2. The summed E-state index contributed by atoms with van der Waals surface area (Å²) in [5.41, 5.74) is 4.45. The highest BCUT2D eigenvalue weighted by molar-refractivity contribution is 5.95. The van der Waals surface area contributed by atoms with Crippen LogP contribution in [0.3, 0.4) is 0 Å². The number of pyridine rings is 1. The van der Waals surface area contributed by atoms with Gasteiger partial charge in [0, 0.05) is 49.7 Å². The Labute approximate surface area is 208 Å². The molecule has 0 spiro atoms. The first-order valence-electron chi connectivity index (χ1n) is 12.1. The first-order chi connectivity index (χ1) is 17.1. The summed E-state index contributed by atoms with van der Waals surface area (Å²) in [6, 6.07) is 9.68. The minimum absolute atomic E-state index is 0.180. The topological polar surface area (TPSA) is 37.2 Å². The fourth-order valence-electron chi connectivity index (χ4n) is 4.95. The number of esters is 1. The third-order valence-corrected chi connectivity index (χ3v) is 6.82. The molecule has 3 heterocycles. The second-order valence-corrected chi connectivity index (χ2v) is 9.47. The van der Waals surface area contributed by atoms with Crippen LogP contribution >= 0.6 is 0 Å². The molecular weight excluding hydrogens is 474 g/mol. The molecule has 1 saturated heterocycles. The van der Waals surface area contributed by atoms with Crippen molar-refractivity contribution in [3.63, 3.8) is 0 Å². The van der Waals surface area contributed by atoms with Gasteiger partial charge in [-0.25, -0.2) is 22.4 Å². The zero-order chi connectivity index (χ0) is 26.1. The molecule has 0 bridgehead atoms. The molecule has 1 aliphatic rings. The lowest BCUT2D eigenvalue weighted by Gasteiger charge is -2.39. The van der Waals surface area contributed by atoms with Crippen LogP contribution in [-0.4, -0.2) is 65.2 Å². The van der Waals surface area contributed by atoms with Crippen LogP contribution in [0.15, 0.2) is 42.6 Å². The van der Waals surface area contributed by atoms with E-state index in [-0.39, 0.29) is 31.1 Å². The molecule has 0 radical (unpaired) electrons. The molecule has 5 nitrogen and oxygen atoms in total. The van der Waals surface area contributed by atoms with Crippen LogP contribution in [0.5, 0.6) is 0 Å². The summed E-state index contributed by atoms with van der Waals surface area (Å²) in [7, 11) is 0. The molecule has 36 heavy (non-hydrogen) atoms. The van der Waals surface area contributed by atoms with Gasteiger partial charge in [-0.15, -0.1) is 0 Å². The molecule has 1 fully saturated rings. The molecule has 1 aliphatic heterocycles. The molecule has 194 valence electrons. The zero-order valence-electron chi connectivity index (χ0n) is 20.8. The van der Waals surface area contributed by atoms with Gasteiger partial charge in [-0.3, -0.25) is 9.80 Å². The lowest BCUT2D eigenvalue weighted by Crippen LogP contribution is -2.51. The van der Waals surface area contributed by atoms with Crippen LogP contribution in [0, 0.1) is 12.7 Å². The number of carbonyl (C=O) groups is 1. The second-order valence-electron chi connectivity index (χ2n) is 9.47. The van der Waals surface area contributed by atoms with Crippen molar-refractivity contribution in [3.8, 4) is 11.1 Å². The third-order valence-electron chi connectivity index (χ3n) is 6.82. The van der Waals surface area contributed by atoms with E-state index in [0.29, 0.717) is 18.7 Å². The van der Waals surface area contributed by atoms with Gasteiger partial charge in [0.25, 0.3) is 6.43 Å². The van der Waals surface area contributed by atoms with E-state index in [1.54, 1.807) is 32.0 Å². The van der Waals surface area contributed by atoms with Crippen LogP contribution in [0.2, 0.25) is 0 Å². The van der Waals surface area contributed by atoms with Crippen molar-refractivity contribution in [3.05, 3.63) is 65.2 Å². The molecular formula is C27H31F4N3O2. The highest BCUT2D eigenvalue weighted by Gasteiger charge is 2.33. The lowest BCUT2D eigenvalue weighted by molar-refractivity contribution is -0.0688. The summed E-state index contributed by atoms with van der Waals surface area (Å²) >= 11 is 0. The van der Waals surface area contributed by atoms with E-state index in [9.17, 15) is 22.4 Å². The molecule has 2 atom stereocenters. The number of piperazine rings is 1. The van der Waals surface area contributed by atoms with Gasteiger partial charge in [-0.05, 0) is 63.1 Å². The maximum Gasteiger partial charge on any atom is 0.338 e. The quantitative estimate of drug-likeness (QED) is 0.229. The molecule has 4 rings (SSSR count). The Morgan fingerprint density at radius 1 is 0.944 bits per heavy atom. The summed E-state index contributed by atoms with van der Waals surface area (Å²) in [6.07, 6.45) is -3.69. The molecule has 2 aromatic heterocycles. The largest absolute Gasteiger partial charge is 0.459 e. The number of ether oxygens (including phenoxy) is 1. The second kappa shape index (κ2) is 10.6. The smallest absolute Gasteiger partial charge is 0.338 e. The van der Waals surface area contributed by atoms with E-state index >= 15 is 0 Å². The Hall–Kier alpha value is -2.91. The molecule has 3 aromatic rings. The van der Waals surface area contributed by atoms with Gasteiger partial charge in [0.1, 0.15) is 5.82 Å². The Morgan fingerprint density at radius 2 is 1.56 bits per heavy atom. The zero-order valence-corrected chi connectivity index (χ0v) is 20.8. The highest BCUT2D eigenvalue weighted by atomic mass is 19.3. The van der Waals surface area contributed by atoms with Gasteiger partial charge in [0.05, 0.1) is 17.2 Å². The number of nitrogens with zero attached hydrogens (tertiary/aromatic N) is 3. The van der Waals surface area contributed by atoms with Crippen molar-refractivity contribution >= 4 is 11.5 Å². The van der Waals surface area contributed by atoms with Crippen molar-refractivity contribution in [1.82, 2.24) is 14.2 Å². The van der Waals surface area contributed by atoms with Crippen LogP contribution in [0.4, 0.5) is 17.6 Å². The molecule has 0 amide bonds. The fraction of sp³-hybridized carbons (Fsp3) is 0.444. The summed E-state index contributed by atoms with van der Waals surface area (Å²) in [4.78, 5) is 16.3. The predicted molar refractivity (Wildman–Crippen MR) is 131 cm³/mol. The molecule has 0 aliphatic carbocycles. The number of halogens is 4. The number of benzene rings is 1. The summed E-state index contributed by atoms with van der Waals surface area (Å²) in [5, 5.41) is 0. The molecule has 2 unspecified atom stereocenters. The Kier molecular flexibility index (Phi) is 7.70. The number of carbonyl (C=O) groups excluding carboxylic acids is 1. The summed E-state index contributed by atoms with van der Waals surface area (Å²) in [6.45, 7) is 8.60. The van der Waals surface area contributed by atoms with Crippen LogP contribution in [0.25, 0.3) is 16.6 Å². The van der Waals surface area contributed by atoms with Crippen LogP contribution < -0.4 is 0 Å². The maximum absolute atomic E-state index is 13.8. The summed E-state index contributed by atoms with van der Waals surface area (Å²) < 4.78 is 60.6. The summed E-state index contributed by atoms with van der Waals surface area (Å²) in [5.74, 6) is -0.776. The highest BCUT2D eigenvalue weighted by Crippen LogP contribution is 2.34. The van der Waals surface area contributed by atoms with Gasteiger partial charge < -0.3 is 9.14 Å². The minimum Gasteiger partial charge on any atom is -0.459 e. The number of hydrogen-bond donors (Lipinski definition) is 0. The van der Waals surface area contributed by atoms with E-state index in [1.165, 1.54) is 12.1 Å². The predicted octanol–water partition coefficient (Wildman–Crippen LogP) is 5.86. The first-order valence-corrected chi connectivity index (χ1v) is 12.1.